The van der Waals surface area contributed by atoms with Gasteiger partial charge in [0.05, 0.1) is 12.6 Å². The number of hydrogen-bond acceptors (Lipinski definition) is 7. The molecule has 168 valence electrons. The Labute approximate surface area is 191 Å². The molecule has 1 spiro atoms. The largest absolute Gasteiger partial charge is 0.493 e. The minimum atomic E-state index is -0.488. The predicted octanol–water partition coefficient (Wildman–Crippen LogP) is 3.50. The van der Waals surface area contributed by atoms with Crippen molar-refractivity contribution in [3.05, 3.63) is 65.0 Å². The van der Waals surface area contributed by atoms with E-state index in [0.717, 1.165) is 35.3 Å². The molecule has 1 saturated heterocycles. The molecule has 2 fully saturated rings. The first kappa shape index (κ1) is 20.0. The van der Waals surface area contributed by atoms with E-state index in [0.29, 0.717) is 23.3 Å². The van der Waals surface area contributed by atoms with E-state index in [1.54, 1.807) is 20.3 Å². The van der Waals surface area contributed by atoms with Gasteiger partial charge in [-0.15, -0.1) is 0 Å². The lowest BCUT2D eigenvalue weighted by Crippen LogP contribution is -2.24. The van der Waals surface area contributed by atoms with E-state index in [-0.39, 0.29) is 11.2 Å². The molecule has 6 rings (SSSR count). The molecular weight excluding hydrogens is 418 g/mol. The van der Waals surface area contributed by atoms with Crippen LogP contribution < -0.4 is 15.4 Å². The van der Waals surface area contributed by atoms with Gasteiger partial charge in [0.2, 0.25) is 0 Å². The Morgan fingerprint density at radius 2 is 2.06 bits per heavy atom. The quantitative estimate of drug-likeness (QED) is 0.555. The maximum absolute atomic E-state index is 12.2. The van der Waals surface area contributed by atoms with Gasteiger partial charge in [-0.1, -0.05) is 6.07 Å². The number of aryl methyl sites for hydroxylation is 1. The van der Waals surface area contributed by atoms with E-state index in [2.05, 4.69) is 44.0 Å². The maximum atomic E-state index is 12.2. The fraction of sp³-hybridized carbons (Fsp3) is 0.320. The van der Waals surface area contributed by atoms with Crippen LogP contribution in [-0.2, 0) is 9.53 Å². The van der Waals surface area contributed by atoms with Gasteiger partial charge in [-0.3, -0.25) is 9.89 Å². The standard InChI is InChI=1S/C25H25N5O3/c1-13-4-7-21(32-2)24(27-13)28-23-15-6-5-14(8-18(15)29-30-23)17-11-25(17)12-26-19-10-20(31)22(33-3)9-16(19)25/h4-10,17,22,26H,11-12H2,1-3H3,(H2,27,28,29,30)/t17-,22?,25-/m0/s1. The summed E-state index contributed by atoms with van der Waals surface area (Å²) < 4.78 is 10.8. The van der Waals surface area contributed by atoms with E-state index in [1.165, 1.54) is 11.1 Å². The first-order chi connectivity index (χ1) is 16.0. The number of ether oxygens (including phenoxy) is 2. The number of methoxy groups -OCH3 is 2. The summed E-state index contributed by atoms with van der Waals surface area (Å²) in [5.74, 6) is 2.40. The lowest BCUT2D eigenvalue weighted by Gasteiger charge is -2.18. The lowest BCUT2D eigenvalue weighted by molar-refractivity contribution is -0.121. The number of nitrogens with one attached hydrogen (secondary N) is 3. The van der Waals surface area contributed by atoms with Crippen LogP contribution >= 0.6 is 0 Å². The van der Waals surface area contributed by atoms with Crippen molar-refractivity contribution in [1.29, 1.82) is 0 Å². The van der Waals surface area contributed by atoms with Crippen molar-refractivity contribution in [3.8, 4) is 5.75 Å². The Hall–Kier alpha value is -3.65. The van der Waals surface area contributed by atoms with Gasteiger partial charge < -0.3 is 20.1 Å². The number of rotatable bonds is 5. The number of pyridine rings is 1. The minimum absolute atomic E-state index is 0.00311. The summed E-state index contributed by atoms with van der Waals surface area (Å²) in [6.07, 6.45) is 4.24. The van der Waals surface area contributed by atoms with E-state index in [1.807, 2.05) is 25.1 Å². The normalized spacial score (nSPS) is 25.5. The van der Waals surface area contributed by atoms with Crippen molar-refractivity contribution in [2.24, 2.45) is 5.41 Å². The van der Waals surface area contributed by atoms with Crippen LogP contribution in [0.15, 0.2) is 53.8 Å². The summed E-state index contributed by atoms with van der Waals surface area (Å²) in [5.41, 5.74) is 5.31. The number of carbonyl (C=O) groups excluding carboxylic acids is 1. The highest BCUT2D eigenvalue weighted by Crippen LogP contribution is 2.67. The Kier molecular flexibility index (Phi) is 4.35. The fourth-order valence-electron chi connectivity index (χ4n) is 5.23. The Bertz CT molecular complexity index is 1360. The second-order valence-corrected chi connectivity index (χ2v) is 8.97. The third-order valence-corrected chi connectivity index (χ3v) is 7.08. The van der Waals surface area contributed by atoms with Gasteiger partial charge in [-0.25, -0.2) is 4.98 Å². The van der Waals surface area contributed by atoms with E-state index < -0.39 is 6.10 Å². The van der Waals surface area contributed by atoms with Gasteiger partial charge in [0.1, 0.15) is 6.10 Å². The van der Waals surface area contributed by atoms with Gasteiger partial charge in [-0.2, -0.15) is 5.10 Å². The monoisotopic (exact) mass is 443 g/mol. The zero-order chi connectivity index (χ0) is 22.7. The van der Waals surface area contributed by atoms with Crippen LogP contribution in [-0.4, -0.2) is 47.8 Å². The molecule has 33 heavy (non-hydrogen) atoms. The zero-order valence-corrected chi connectivity index (χ0v) is 18.7. The molecule has 2 aromatic heterocycles. The Morgan fingerprint density at radius 1 is 1.18 bits per heavy atom. The second-order valence-electron chi connectivity index (χ2n) is 8.97. The molecule has 1 aromatic carbocycles. The second kappa shape index (κ2) is 7.18. The van der Waals surface area contributed by atoms with Crippen molar-refractivity contribution in [2.45, 2.75) is 25.4 Å². The molecule has 3 heterocycles. The zero-order valence-electron chi connectivity index (χ0n) is 18.7. The number of nitrogens with zero attached hydrogens (tertiary/aromatic N) is 2. The number of anilines is 2. The van der Waals surface area contributed by atoms with Crippen LogP contribution in [0.2, 0.25) is 0 Å². The number of carbonyl (C=O) groups is 1. The molecule has 3 N–H and O–H groups in total. The Balaban J connectivity index is 1.29. The van der Waals surface area contributed by atoms with E-state index in [4.69, 9.17) is 9.47 Å². The summed E-state index contributed by atoms with van der Waals surface area (Å²) >= 11 is 0. The molecule has 1 unspecified atom stereocenters. The number of fused-ring (bicyclic) bond motifs is 3. The number of benzene rings is 1. The van der Waals surface area contributed by atoms with Crippen LogP contribution in [0.3, 0.4) is 0 Å². The molecular formula is C25H25N5O3. The van der Waals surface area contributed by atoms with E-state index in [9.17, 15) is 4.79 Å². The number of hydrogen-bond donors (Lipinski definition) is 3. The van der Waals surface area contributed by atoms with Gasteiger partial charge in [0, 0.05) is 41.9 Å². The van der Waals surface area contributed by atoms with Gasteiger partial charge >= 0.3 is 0 Å². The number of allylic oxidation sites excluding steroid dienone is 1. The predicted molar refractivity (Wildman–Crippen MR) is 125 cm³/mol. The molecule has 1 saturated carbocycles. The van der Waals surface area contributed by atoms with Crippen molar-refractivity contribution < 1.29 is 14.3 Å². The summed E-state index contributed by atoms with van der Waals surface area (Å²) in [6, 6.07) is 10.3. The van der Waals surface area contributed by atoms with E-state index >= 15 is 0 Å². The highest BCUT2D eigenvalue weighted by molar-refractivity contribution is 5.98. The number of aromatic amines is 1. The average Bonchev–Trinajstić information content (AvgIpc) is 3.27. The van der Waals surface area contributed by atoms with Crippen molar-refractivity contribution >= 4 is 28.3 Å². The van der Waals surface area contributed by atoms with Crippen molar-refractivity contribution in [3.63, 3.8) is 0 Å². The topological polar surface area (TPSA) is 101 Å². The molecule has 8 nitrogen and oxygen atoms in total. The summed E-state index contributed by atoms with van der Waals surface area (Å²) in [6.45, 7) is 2.78. The van der Waals surface area contributed by atoms with Crippen molar-refractivity contribution in [2.75, 3.05) is 26.1 Å². The molecule has 0 amide bonds. The summed E-state index contributed by atoms with van der Waals surface area (Å²) in [5, 5.41) is 15.4. The fourth-order valence-corrected chi connectivity index (χ4v) is 5.23. The van der Waals surface area contributed by atoms with Crippen LogP contribution in [0.5, 0.6) is 5.75 Å². The first-order valence-corrected chi connectivity index (χ1v) is 11.0. The smallest absolute Gasteiger partial charge is 0.190 e. The lowest BCUT2D eigenvalue weighted by atomic mass is 9.87. The number of H-pyrrole nitrogens is 1. The molecule has 3 aliphatic rings. The average molecular weight is 444 g/mol. The van der Waals surface area contributed by atoms with Crippen LogP contribution in [0.1, 0.15) is 23.6 Å². The highest BCUT2D eigenvalue weighted by atomic mass is 16.5. The summed E-state index contributed by atoms with van der Waals surface area (Å²) in [4.78, 5) is 16.7. The first-order valence-electron chi connectivity index (χ1n) is 11.0. The highest BCUT2D eigenvalue weighted by Gasteiger charge is 2.61. The van der Waals surface area contributed by atoms with Gasteiger partial charge in [-0.05, 0) is 60.7 Å². The Morgan fingerprint density at radius 3 is 2.88 bits per heavy atom. The molecule has 0 radical (unpaired) electrons. The molecule has 2 aliphatic carbocycles. The third-order valence-electron chi connectivity index (χ3n) is 7.08. The molecule has 3 aromatic rings. The van der Waals surface area contributed by atoms with Crippen molar-refractivity contribution in [1.82, 2.24) is 20.5 Å². The minimum Gasteiger partial charge on any atom is -0.493 e. The van der Waals surface area contributed by atoms with Crippen LogP contribution in [0.4, 0.5) is 11.6 Å². The number of ketones is 1. The molecule has 0 bridgehead atoms. The molecule has 3 atom stereocenters. The third kappa shape index (κ3) is 3.05. The van der Waals surface area contributed by atoms with Crippen LogP contribution in [0, 0.1) is 12.3 Å². The van der Waals surface area contributed by atoms with Gasteiger partial charge in [0.15, 0.2) is 23.2 Å². The summed E-state index contributed by atoms with van der Waals surface area (Å²) in [7, 11) is 3.21. The number of aromatic nitrogens is 3. The maximum Gasteiger partial charge on any atom is 0.190 e. The molecule has 1 aliphatic heterocycles. The van der Waals surface area contributed by atoms with Gasteiger partial charge in [0.25, 0.3) is 0 Å². The molecule has 8 heteroatoms. The van der Waals surface area contributed by atoms with Crippen LogP contribution in [0.25, 0.3) is 10.9 Å². The SMILES string of the molecule is COc1ccc(C)nc1Nc1n[nH]c2cc([C@@H]3C[C@@]34CNC3=CC(=O)C(OC)C=C34)ccc12.